The number of carbonyl (C=O) groups excluding carboxylic acids is 2. The summed E-state index contributed by atoms with van der Waals surface area (Å²) in [6.45, 7) is 2.95. The van der Waals surface area contributed by atoms with E-state index in [4.69, 9.17) is 0 Å². The topological polar surface area (TPSA) is 51.4 Å². The summed E-state index contributed by atoms with van der Waals surface area (Å²) in [6.07, 6.45) is 0. The van der Waals surface area contributed by atoms with Crippen molar-refractivity contribution in [2.75, 3.05) is 7.05 Å². The van der Waals surface area contributed by atoms with Crippen LogP contribution in [0.3, 0.4) is 0 Å². The van der Waals surface area contributed by atoms with Gasteiger partial charge < -0.3 is 0 Å². The summed E-state index contributed by atoms with van der Waals surface area (Å²) >= 11 is -0.118. The van der Waals surface area contributed by atoms with Crippen LogP contribution in [0.2, 0.25) is 0 Å². The minimum absolute atomic E-state index is 0.0348. The van der Waals surface area contributed by atoms with Crippen LogP contribution < -0.4 is 0 Å². The molecule has 0 saturated carbocycles. The van der Waals surface area contributed by atoms with E-state index in [9.17, 15) is 9.59 Å². The van der Waals surface area contributed by atoms with E-state index in [2.05, 4.69) is 16.5 Å². The van der Waals surface area contributed by atoms with Crippen molar-refractivity contribution in [2.24, 2.45) is 4.99 Å². The number of nitrogens with zero attached hydrogens (tertiary/aromatic N) is 2. The Kier molecular flexibility index (Phi) is 6.46. The summed E-state index contributed by atoms with van der Waals surface area (Å²) < 4.78 is 3.21. The third-order valence-electron chi connectivity index (χ3n) is 4.51. The minimum atomic E-state index is -0.192. The molecule has 0 fully saturated rings. The number of fused-ring (bicyclic) bond motifs is 3. The van der Waals surface area contributed by atoms with Crippen LogP contribution in [-0.2, 0) is 6.54 Å². The van der Waals surface area contributed by atoms with E-state index in [1.807, 2.05) is 36.4 Å². The van der Waals surface area contributed by atoms with Crippen LogP contribution in [0.15, 0.2) is 41.4 Å². The Hall–Kier alpha value is 0.523. The van der Waals surface area contributed by atoms with Crippen LogP contribution >= 0.6 is 0 Å². The molecule has 6 heteroatoms. The molecule has 112 valence electrons. The van der Waals surface area contributed by atoms with Gasteiger partial charge in [0.1, 0.15) is 0 Å². The number of carbonyl (C=O) groups is 2. The molecule has 0 aliphatic rings. The van der Waals surface area contributed by atoms with Gasteiger partial charge in [-0.05, 0) is 0 Å². The van der Waals surface area contributed by atoms with Crippen molar-refractivity contribution in [3.8, 4) is 0 Å². The number of rotatable bonds is 4. The molecule has 3 rings (SSSR count). The summed E-state index contributed by atoms with van der Waals surface area (Å²) in [5, 5.41) is 2.09. The second-order valence-electron chi connectivity index (χ2n) is 5.90. The predicted octanol–water partition coefficient (Wildman–Crippen LogP) is 2.62. The second-order valence-corrected chi connectivity index (χ2v) is 12.0. The Labute approximate surface area is 208 Å². The molecule has 0 spiro atoms. The predicted molar refractivity (Wildman–Crippen MR) is 94.3 cm³/mol. The Morgan fingerprint density at radius 2 is 1.62 bits per heavy atom. The van der Waals surface area contributed by atoms with E-state index in [1.165, 1.54) is 0 Å². The van der Waals surface area contributed by atoms with Gasteiger partial charge in [0, 0.05) is 0 Å². The molecule has 2 aromatic carbocycles. The average Bonchev–Trinajstić information content (AvgIpc) is 2.92. The van der Waals surface area contributed by atoms with Crippen molar-refractivity contribution in [3.05, 3.63) is 47.5 Å². The third kappa shape index (κ3) is 3.51. The Balaban J connectivity index is 2.34. The number of aromatic nitrogens is 1. The zero-order chi connectivity index (χ0) is 17.4. The zero-order valence-corrected chi connectivity index (χ0v) is 27.5. The molecule has 24 heavy (non-hydrogen) atoms. The summed E-state index contributed by atoms with van der Waals surface area (Å²) in [5.74, 6) is 0.0348. The fourth-order valence-electron chi connectivity index (χ4n) is 3.12. The van der Waals surface area contributed by atoms with E-state index in [-0.39, 0.29) is 105 Å². The number of hydrogen-bond donors (Lipinski definition) is 0. The van der Waals surface area contributed by atoms with Crippen LogP contribution in [0, 0.1) is 42.8 Å². The van der Waals surface area contributed by atoms with Crippen LogP contribution in [0.4, 0.5) is 0 Å². The van der Waals surface area contributed by atoms with Gasteiger partial charge in [0.2, 0.25) is 0 Å². The van der Waals surface area contributed by atoms with Gasteiger partial charge in [-0.2, -0.15) is 0 Å². The number of Topliss-reactive ketones (excluding diaryl/α,β-unsaturated/α-hetero) is 1. The van der Waals surface area contributed by atoms with Gasteiger partial charge >= 0.3 is 213 Å². The maximum atomic E-state index is 12.5. The molecule has 0 unspecified atom stereocenters. The van der Waals surface area contributed by atoms with Crippen LogP contribution in [0.25, 0.3) is 21.8 Å². The Bertz CT molecular complexity index is 1020. The van der Waals surface area contributed by atoms with E-state index in [0.717, 1.165) is 33.9 Å². The number of aryl methyl sites for hydroxylation is 1. The molecular weight excluding hydrogens is 588 g/mol. The molecule has 0 N–H and O–H groups in total. The van der Waals surface area contributed by atoms with Crippen LogP contribution in [0.5, 0.6) is 0 Å². The molecule has 3 aromatic rings. The number of hydrogen-bond acceptors (Lipinski definition) is 3. The fraction of sp³-hybridized carbons (Fsp3) is 0.167. The standard InChI is InChI=1S/C18H14N2O2.Ra.Rb.H/c1-3-20-16-6-4-12(11-21)8-14(16)15-9-13(5-7-17(15)20)18(22)10-19-2;;;/h4-9H,3H2,1-2H3;;;. The van der Waals surface area contributed by atoms with Crippen LogP contribution in [0.1, 0.15) is 27.6 Å². The average molecular weight is 603 g/mol. The van der Waals surface area contributed by atoms with Crippen molar-refractivity contribution < 1.29 is 52.4 Å². The number of aliphatic imine (C=N–C) groups is 1. The van der Waals surface area contributed by atoms with Gasteiger partial charge in [-0.3, -0.25) is 0 Å². The van der Waals surface area contributed by atoms with Crippen molar-refractivity contribution in [1.29, 1.82) is 0 Å². The molecule has 1 heterocycles. The first-order chi connectivity index (χ1) is 11.5. The van der Waals surface area contributed by atoms with E-state index in [0.29, 0.717) is 4.34 Å². The van der Waals surface area contributed by atoms with Crippen molar-refractivity contribution >= 4 is 82.7 Å². The number of ketones is 1. The summed E-state index contributed by atoms with van der Waals surface area (Å²) in [6, 6.07) is 11.8. The Morgan fingerprint density at radius 1 is 1.08 bits per heavy atom. The SMILES string of the molecule is CCn1c2ccc([C](=O)[RaH])cc2c2cc(C(=O)[C]([Rb])=NC)ccc21. The van der Waals surface area contributed by atoms with Gasteiger partial charge in [-0.25, -0.2) is 0 Å². The van der Waals surface area contributed by atoms with Gasteiger partial charge in [0.15, 0.2) is 0 Å². The van der Waals surface area contributed by atoms with Gasteiger partial charge in [0.25, 0.3) is 0 Å². The van der Waals surface area contributed by atoms with Gasteiger partial charge in [-0.1, -0.05) is 0 Å². The monoisotopic (exact) mass is 602 g/mol. The zero-order valence-electron chi connectivity index (χ0n) is 14.4. The van der Waals surface area contributed by atoms with E-state index < -0.39 is 0 Å². The van der Waals surface area contributed by atoms with E-state index >= 15 is 0 Å². The molecule has 1 aromatic heterocycles. The molecule has 0 aliphatic heterocycles. The number of benzene rings is 2. The maximum absolute atomic E-state index is 12.5. The quantitative estimate of drug-likeness (QED) is 0.341. The molecule has 0 bridgehead atoms. The molecule has 0 aliphatic carbocycles. The second kappa shape index (κ2) is 8.04. The van der Waals surface area contributed by atoms with Crippen molar-refractivity contribution in [2.45, 2.75) is 13.5 Å². The summed E-state index contributed by atoms with van der Waals surface area (Å²) in [4.78, 5) is 28.4. The first kappa shape index (κ1) is 19.3. The Morgan fingerprint density at radius 3 is 2.12 bits per heavy atom. The first-order valence-corrected chi connectivity index (χ1v) is 14.6. The van der Waals surface area contributed by atoms with Gasteiger partial charge in [0.05, 0.1) is 0 Å². The molecule has 0 radical (unpaired) electrons. The molecule has 4 nitrogen and oxygen atoms in total. The van der Waals surface area contributed by atoms with Crippen molar-refractivity contribution in [3.63, 3.8) is 0 Å². The molecular formula is C18H15N2O2RaRb. The van der Waals surface area contributed by atoms with E-state index in [1.54, 1.807) is 7.05 Å². The summed E-state index contributed by atoms with van der Waals surface area (Å²) in [7, 11) is 1.68. The molecule has 0 amide bonds. The van der Waals surface area contributed by atoms with Crippen LogP contribution in [-0.4, -0.2) is 72.5 Å². The fourth-order valence-corrected chi connectivity index (χ4v) is 5.10. The third-order valence-corrected chi connectivity index (χ3v) is 9.10. The van der Waals surface area contributed by atoms with Gasteiger partial charge in [-0.15, -0.1) is 0 Å². The molecule has 0 atom stereocenters. The summed E-state index contributed by atoms with van der Waals surface area (Å²) in [5.41, 5.74) is 3.69. The molecule has 0 saturated heterocycles. The van der Waals surface area contributed by atoms with Crippen molar-refractivity contribution in [1.82, 2.24) is 4.57 Å². The first-order valence-electron chi connectivity index (χ1n) is 8.03. The normalized spacial score (nSPS) is 12.0.